The van der Waals surface area contributed by atoms with Crippen molar-refractivity contribution in [3.63, 3.8) is 0 Å². The summed E-state index contributed by atoms with van der Waals surface area (Å²) in [4.78, 5) is 57.3. The molecule has 0 rings (SSSR count). The topological polar surface area (TPSA) is 168 Å². The number of phosphoric acid groups is 1. The van der Waals surface area contributed by atoms with Crippen molar-refractivity contribution in [3.05, 3.63) is 12.2 Å². The van der Waals surface area contributed by atoms with E-state index in [1.807, 2.05) is 0 Å². The molecule has 0 bridgehead atoms. The summed E-state index contributed by atoms with van der Waals surface area (Å²) in [5.41, 5.74) is -1.33. The first-order valence-corrected chi connectivity index (χ1v) is 17.5. The summed E-state index contributed by atoms with van der Waals surface area (Å²) in [6, 6.07) is 0. The standard InChI is InChI=1S/C29H55N2O8PS/c1-4-5-6-7-8-9-10-11-12-13-14-15-16-17-18-19-26(33)41-23-22-30-25(32)20-21-31-28(35)27(34)29(2,3)24-39-40(36,37)38/h11-12,27,34H,4-10,13-24H2,1-3H3,(H,30,32)(H,31,35)(H2,36,37,38)/p-2/b12-11-/t27-/m0/s1. The van der Waals surface area contributed by atoms with Gasteiger partial charge in [0.1, 0.15) is 6.10 Å². The lowest BCUT2D eigenvalue weighted by atomic mass is 9.87. The number of nitrogens with one attached hydrogen (secondary N) is 2. The summed E-state index contributed by atoms with van der Waals surface area (Å²) < 4.78 is 14.8. The molecule has 0 aromatic heterocycles. The second-order valence-electron chi connectivity index (χ2n) is 11.1. The van der Waals surface area contributed by atoms with Gasteiger partial charge in [0, 0.05) is 37.1 Å². The van der Waals surface area contributed by atoms with Crippen LogP contribution in [-0.4, -0.2) is 53.6 Å². The monoisotopic (exact) mass is 620 g/mol. The van der Waals surface area contributed by atoms with E-state index in [9.17, 15) is 33.8 Å². The lowest BCUT2D eigenvalue weighted by Gasteiger charge is -2.35. The summed E-state index contributed by atoms with van der Waals surface area (Å²) in [7, 11) is -5.23. The van der Waals surface area contributed by atoms with Crippen LogP contribution in [0.4, 0.5) is 0 Å². The maximum atomic E-state index is 12.1. The Hall–Kier alpha value is -1.23. The van der Waals surface area contributed by atoms with E-state index in [1.54, 1.807) is 0 Å². The molecule has 2 amide bonds. The Kier molecular flexibility index (Phi) is 23.5. The molecule has 0 fully saturated rings. The number of hydrogen-bond donors (Lipinski definition) is 3. The van der Waals surface area contributed by atoms with Crippen molar-refractivity contribution in [2.24, 2.45) is 5.41 Å². The SMILES string of the molecule is CCCCCCCC/C=C\CCCCCCCC(=O)SCCNC(=O)CCNC(=O)[C@H](O)C(C)(C)COP(=O)([O-])[O-]. The molecule has 0 spiro atoms. The molecular formula is C29H53N2O8PS-2. The predicted molar refractivity (Wildman–Crippen MR) is 161 cm³/mol. The quantitative estimate of drug-likeness (QED) is 0.0731. The van der Waals surface area contributed by atoms with Gasteiger partial charge in [0.2, 0.25) is 11.8 Å². The molecule has 0 saturated heterocycles. The number of phosphoric ester groups is 1. The fraction of sp³-hybridized carbons (Fsp3) is 0.828. The molecule has 0 aliphatic heterocycles. The van der Waals surface area contributed by atoms with E-state index in [0.29, 0.717) is 18.7 Å². The Morgan fingerprint density at radius 2 is 1.44 bits per heavy atom. The van der Waals surface area contributed by atoms with Crippen LogP contribution in [0.2, 0.25) is 0 Å². The summed E-state index contributed by atoms with van der Waals surface area (Å²) >= 11 is 1.20. The van der Waals surface area contributed by atoms with Gasteiger partial charge in [-0.25, -0.2) is 0 Å². The number of aliphatic hydroxyl groups excluding tert-OH is 1. The first-order chi connectivity index (χ1) is 19.4. The van der Waals surface area contributed by atoms with Crippen molar-refractivity contribution >= 4 is 36.5 Å². The second kappa shape index (κ2) is 24.2. The number of hydrogen-bond acceptors (Lipinski definition) is 9. The third-order valence-electron chi connectivity index (χ3n) is 6.56. The van der Waals surface area contributed by atoms with Gasteiger partial charge in [-0.15, -0.1) is 0 Å². The minimum atomic E-state index is -5.23. The van der Waals surface area contributed by atoms with Crippen LogP contribution >= 0.6 is 19.6 Å². The molecule has 0 aliphatic carbocycles. The molecule has 1 atom stereocenters. The summed E-state index contributed by atoms with van der Waals surface area (Å²) in [6.45, 7) is 4.62. The molecule has 3 N–H and O–H groups in total. The van der Waals surface area contributed by atoms with E-state index in [4.69, 9.17) is 0 Å². The highest BCUT2D eigenvalue weighted by atomic mass is 32.2. The smallest absolute Gasteiger partial charge is 0.249 e. The van der Waals surface area contributed by atoms with Crippen molar-refractivity contribution in [2.75, 3.05) is 25.4 Å². The zero-order valence-corrected chi connectivity index (χ0v) is 27.0. The molecule has 12 heteroatoms. The molecule has 240 valence electrons. The highest BCUT2D eigenvalue weighted by molar-refractivity contribution is 8.13. The van der Waals surface area contributed by atoms with E-state index >= 15 is 0 Å². The maximum absolute atomic E-state index is 12.1. The molecule has 10 nitrogen and oxygen atoms in total. The van der Waals surface area contributed by atoms with E-state index in [-0.39, 0.29) is 24.0 Å². The molecule has 0 radical (unpaired) electrons. The third-order valence-corrected chi connectivity index (χ3v) is 7.94. The van der Waals surface area contributed by atoms with Crippen molar-refractivity contribution in [1.82, 2.24) is 10.6 Å². The van der Waals surface area contributed by atoms with Gasteiger partial charge in [-0.2, -0.15) is 0 Å². The fourth-order valence-electron chi connectivity index (χ4n) is 3.93. The Balaban J connectivity index is 3.70. The van der Waals surface area contributed by atoms with Gasteiger partial charge in [0.15, 0.2) is 5.12 Å². The molecule has 0 unspecified atom stereocenters. The third kappa shape index (κ3) is 25.0. The van der Waals surface area contributed by atoms with Crippen LogP contribution in [0, 0.1) is 5.41 Å². The lowest BCUT2D eigenvalue weighted by molar-refractivity contribution is -0.343. The summed E-state index contributed by atoms with van der Waals surface area (Å²) in [5.74, 6) is -0.653. The van der Waals surface area contributed by atoms with Gasteiger partial charge >= 0.3 is 0 Å². The highest BCUT2D eigenvalue weighted by Gasteiger charge is 2.34. The Morgan fingerprint density at radius 3 is 2.02 bits per heavy atom. The lowest BCUT2D eigenvalue weighted by Crippen LogP contribution is -2.46. The van der Waals surface area contributed by atoms with Crippen molar-refractivity contribution in [3.8, 4) is 0 Å². The molecule has 0 aliphatic rings. The summed E-state index contributed by atoms with van der Waals surface area (Å²) in [5, 5.41) is 15.3. The van der Waals surface area contributed by atoms with E-state index in [2.05, 4.69) is 34.2 Å². The first-order valence-electron chi connectivity index (χ1n) is 15.1. The van der Waals surface area contributed by atoms with E-state index in [0.717, 1.165) is 25.7 Å². The van der Waals surface area contributed by atoms with Crippen molar-refractivity contribution < 1.29 is 38.4 Å². The maximum Gasteiger partial charge on any atom is 0.249 e. The van der Waals surface area contributed by atoms with E-state index in [1.165, 1.54) is 83.4 Å². The number of carbonyl (C=O) groups excluding carboxylic acids is 3. The van der Waals surface area contributed by atoms with Gasteiger partial charge < -0.3 is 34.6 Å². The van der Waals surface area contributed by atoms with Gasteiger partial charge in [-0.1, -0.05) is 96.1 Å². The average molecular weight is 621 g/mol. The highest BCUT2D eigenvalue weighted by Crippen LogP contribution is 2.31. The van der Waals surface area contributed by atoms with Crippen molar-refractivity contribution in [2.45, 2.75) is 123 Å². The number of rotatable bonds is 26. The first kappa shape index (κ1) is 39.8. The average Bonchev–Trinajstić information content (AvgIpc) is 2.91. The summed E-state index contributed by atoms with van der Waals surface area (Å²) in [6.07, 6.45) is 19.3. The number of thioether (sulfide) groups is 1. The Bertz CT molecular complexity index is 804. The Labute approximate surface area is 251 Å². The van der Waals surface area contributed by atoms with Crippen LogP contribution in [0.25, 0.3) is 0 Å². The van der Waals surface area contributed by atoms with Gasteiger partial charge in [0.25, 0.3) is 0 Å². The molecule has 41 heavy (non-hydrogen) atoms. The van der Waals surface area contributed by atoms with Crippen LogP contribution in [0.1, 0.15) is 117 Å². The van der Waals surface area contributed by atoms with Crippen LogP contribution in [0.5, 0.6) is 0 Å². The minimum absolute atomic E-state index is 0.0285. The normalized spacial score (nSPS) is 12.9. The molecule has 0 saturated carbocycles. The van der Waals surface area contributed by atoms with Crippen LogP contribution in [0.3, 0.4) is 0 Å². The van der Waals surface area contributed by atoms with Gasteiger partial charge in [0.05, 0.1) is 14.4 Å². The molecule has 0 aromatic rings. The van der Waals surface area contributed by atoms with Crippen molar-refractivity contribution in [1.29, 1.82) is 0 Å². The van der Waals surface area contributed by atoms with E-state index < -0.39 is 31.9 Å². The van der Waals surface area contributed by atoms with Crippen LogP contribution in [-0.2, 0) is 23.5 Å². The van der Waals surface area contributed by atoms with Crippen LogP contribution in [0.15, 0.2) is 12.2 Å². The number of aliphatic hydroxyl groups is 1. The number of amides is 2. The molecule has 0 aromatic carbocycles. The number of allylic oxidation sites excluding steroid dienone is 2. The van der Waals surface area contributed by atoms with Crippen LogP contribution < -0.4 is 20.4 Å². The minimum Gasteiger partial charge on any atom is -0.790 e. The largest absolute Gasteiger partial charge is 0.790 e. The number of unbranched alkanes of at least 4 members (excludes halogenated alkanes) is 11. The fourth-order valence-corrected chi connectivity index (χ4v) is 5.14. The number of carbonyl (C=O) groups is 3. The zero-order chi connectivity index (χ0) is 31.0. The van der Waals surface area contributed by atoms with Gasteiger partial charge in [-0.05, 0) is 32.1 Å². The molecular weight excluding hydrogens is 567 g/mol. The predicted octanol–water partition coefficient (Wildman–Crippen LogP) is 4.14. The van der Waals surface area contributed by atoms with Gasteiger partial charge in [-0.3, -0.25) is 14.4 Å². The zero-order valence-electron chi connectivity index (χ0n) is 25.3. The Morgan fingerprint density at radius 1 is 0.878 bits per heavy atom. The second-order valence-corrected chi connectivity index (χ2v) is 13.4. The molecule has 0 heterocycles.